The molecule has 0 bridgehead atoms. The molecular weight excluding hydrogens is 250 g/mol. The lowest BCUT2D eigenvalue weighted by Crippen LogP contribution is -2.27. The molecule has 0 fully saturated rings. The first-order valence-corrected chi connectivity index (χ1v) is 7.00. The van der Waals surface area contributed by atoms with Crippen LogP contribution in [0, 0.1) is 13.8 Å². The molecule has 0 radical (unpaired) electrons. The molecule has 2 rings (SSSR count). The van der Waals surface area contributed by atoms with Gasteiger partial charge >= 0.3 is 0 Å². The van der Waals surface area contributed by atoms with Gasteiger partial charge in [-0.25, -0.2) is 9.67 Å². The third kappa shape index (κ3) is 2.90. The predicted molar refractivity (Wildman–Crippen MR) is 79.6 cm³/mol. The maximum atomic E-state index is 10.8. The Hall–Kier alpha value is -1.68. The van der Waals surface area contributed by atoms with E-state index in [0.717, 1.165) is 11.4 Å². The summed E-state index contributed by atoms with van der Waals surface area (Å²) in [5, 5.41) is 15.0. The largest absolute Gasteiger partial charge is 0.385 e. The van der Waals surface area contributed by atoms with Gasteiger partial charge in [-0.15, -0.1) is 0 Å². The molecule has 0 aliphatic carbocycles. The highest BCUT2D eigenvalue weighted by Crippen LogP contribution is 2.26. The average Bonchev–Trinajstić information content (AvgIpc) is 2.80. The third-order valence-electron chi connectivity index (χ3n) is 3.77. The first kappa shape index (κ1) is 14.7. The minimum atomic E-state index is -0.946. The van der Waals surface area contributed by atoms with Gasteiger partial charge in [-0.2, -0.15) is 5.10 Å². The van der Waals surface area contributed by atoms with Crippen LogP contribution in [0.5, 0.6) is 0 Å². The molecule has 0 spiro atoms. The van der Waals surface area contributed by atoms with Crippen LogP contribution in [-0.2, 0) is 12.0 Å². The van der Waals surface area contributed by atoms with E-state index < -0.39 is 5.60 Å². The van der Waals surface area contributed by atoms with Crippen LogP contribution in [0.4, 0.5) is 0 Å². The average molecular weight is 273 g/mol. The molecule has 4 nitrogen and oxygen atoms in total. The lowest BCUT2D eigenvalue weighted by atomic mass is 9.90. The number of nitrogens with zero attached hydrogens (tertiary/aromatic N) is 3. The fourth-order valence-electron chi connectivity index (χ4n) is 2.32. The van der Waals surface area contributed by atoms with E-state index in [0.29, 0.717) is 6.42 Å². The van der Waals surface area contributed by atoms with Crippen molar-refractivity contribution >= 4 is 0 Å². The molecular formula is C16H23N3O. The van der Waals surface area contributed by atoms with Gasteiger partial charge in [-0.3, -0.25) is 0 Å². The van der Waals surface area contributed by atoms with E-state index in [9.17, 15) is 5.11 Å². The molecule has 1 aromatic carbocycles. The molecule has 0 saturated carbocycles. The first-order valence-electron chi connectivity index (χ1n) is 7.00. The Morgan fingerprint density at radius 3 is 2.55 bits per heavy atom. The smallest absolute Gasteiger partial charge is 0.138 e. The molecule has 1 atom stereocenters. The molecule has 0 saturated heterocycles. The van der Waals surface area contributed by atoms with Crippen molar-refractivity contribution in [3.8, 4) is 0 Å². The summed E-state index contributed by atoms with van der Waals surface area (Å²) in [5.74, 6) is 0.809. The fourth-order valence-corrected chi connectivity index (χ4v) is 2.32. The zero-order valence-corrected chi connectivity index (χ0v) is 12.9. The monoisotopic (exact) mass is 273 g/mol. The Morgan fingerprint density at radius 1 is 1.25 bits per heavy atom. The van der Waals surface area contributed by atoms with Gasteiger partial charge in [-0.1, -0.05) is 18.2 Å². The van der Waals surface area contributed by atoms with E-state index in [1.54, 1.807) is 6.33 Å². The minimum absolute atomic E-state index is 0.239. The SMILES string of the molecule is Cc1ccc(C(C)(O)Cc2ncnn2C(C)C)cc1C. The summed E-state index contributed by atoms with van der Waals surface area (Å²) in [5.41, 5.74) is 2.39. The Bertz CT molecular complexity index is 600. The molecule has 1 aromatic heterocycles. The highest BCUT2D eigenvalue weighted by atomic mass is 16.3. The molecule has 0 aliphatic heterocycles. The quantitative estimate of drug-likeness (QED) is 0.932. The second kappa shape index (κ2) is 5.37. The molecule has 20 heavy (non-hydrogen) atoms. The van der Waals surface area contributed by atoms with Crippen molar-refractivity contribution in [2.75, 3.05) is 0 Å². The molecule has 2 aromatic rings. The highest BCUT2D eigenvalue weighted by molar-refractivity contribution is 5.33. The number of aryl methyl sites for hydroxylation is 2. The van der Waals surface area contributed by atoms with Crippen molar-refractivity contribution in [3.63, 3.8) is 0 Å². The molecule has 1 heterocycles. The van der Waals surface area contributed by atoms with Gasteiger partial charge in [0.25, 0.3) is 0 Å². The first-order chi connectivity index (χ1) is 9.31. The van der Waals surface area contributed by atoms with Crippen molar-refractivity contribution < 1.29 is 5.11 Å². The lowest BCUT2D eigenvalue weighted by molar-refractivity contribution is 0.0539. The number of benzene rings is 1. The summed E-state index contributed by atoms with van der Waals surface area (Å²) in [6.07, 6.45) is 2.00. The maximum Gasteiger partial charge on any atom is 0.138 e. The molecule has 1 N–H and O–H groups in total. The Labute approximate surface area is 120 Å². The van der Waals surface area contributed by atoms with Crippen molar-refractivity contribution in [1.82, 2.24) is 14.8 Å². The second-order valence-corrected chi connectivity index (χ2v) is 5.96. The zero-order chi connectivity index (χ0) is 14.9. The van der Waals surface area contributed by atoms with Crippen molar-refractivity contribution in [1.29, 1.82) is 0 Å². The zero-order valence-electron chi connectivity index (χ0n) is 12.9. The van der Waals surface area contributed by atoms with Crippen LogP contribution in [-0.4, -0.2) is 19.9 Å². The summed E-state index contributed by atoms with van der Waals surface area (Å²) in [7, 11) is 0. The highest BCUT2D eigenvalue weighted by Gasteiger charge is 2.26. The van der Waals surface area contributed by atoms with Crippen molar-refractivity contribution in [2.24, 2.45) is 0 Å². The molecule has 0 amide bonds. The maximum absolute atomic E-state index is 10.8. The Morgan fingerprint density at radius 2 is 1.95 bits per heavy atom. The second-order valence-electron chi connectivity index (χ2n) is 5.96. The summed E-state index contributed by atoms with van der Waals surface area (Å²) in [4.78, 5) is 4.28. The van der Waals surface area contributed by atoms with Gasteiger partial charge in [0.15, 0.2) is 0 Å². The Kier molecular flexibility index (Phi) is 3.95. The summed E-state index contributed by atoms with van der Waals surface area (Å²) < 4.78 is 1.86. The number of aliphatic hydroxyl groups is 1. The van der Waals surface area contributed by atoms with Crippen LogP contribution in [0.2, 0.25) is 0 Å². The van der Waals surface area contributed by atoms with Crippen LogP contribution < -0.4 is 0 Å². The van der Waals surface area contributed by atoms with E-state index in [1.807, 2.05) is 29.8 Å². The number of hydrogen-bond donors (Lipinski definition) is 1. The number of aromatic nitrogens is 3. The number of hydrogen-bond acceptors (Lipinski definition) is 3. The summed E-state index contributed by atoms with van der Waals surface area (Å²) in [6.45, 7) is 10.1. The number of rotatable bonds is 4. The van der Waals surface area contributed by atoms with Gasteiger partial charge < -0.3 is 5.11 Å². The topological polar surface area (TPSA) is 50.9 Å². The molecule has 1 unspecified atom stereocenters. The summed E-state index contributed by atoms with van der Waals surface area (Å²) >= 11 is 0. The van der Waals surface area contributed by atoms with E-state index in [4.69, 9.17) is 0 Å². The van der Waals surface area contributed by atoms with E-state index in [-0.39, 0.29) is 6.04 Å². The van der Waals surface area contributed by atoms with Crippen molar-refractivity contribution in [2.45, 2.75) is 52.7 Å². The third-order valence-corrected chi connectivity index (χ3v) is 3.77. The van der Waals surface area contributed by atoms with E-state index in [2.05, 4.69) is 37.8 Å². The normalized spacial score (nSPS) is 14.6. The van der Waals surface area contributed by atoms with Crippen LogP contribution in [0.25, 0.3) is 0 Å². The van der Waals surface area contributed by atoms with Gasteiger partial charge in [0.05, 0.1) is 5.60 Å². The van der Waals surface area contributed by atoms with Crippen LogP contribution in [0.15, 0.2) is 24.5 Å². The summed E-state index contributed by atoms with van der Waals surface area (Å²) in [6, 6.07) is 6.32. The molecule has 0 aliphatic rings. The lowest BCUT2D eigenvalue weighted by Gasteiger charge is -2.25. The Balaban J connectivity index is 2.30. The van der Waals surface area contributed by atoms with E-state index in [1.165, 1.54) is 11.1 Å². The van der Waals surface area contributed by atoms with Gasteiger partial charge in [-0.05, 0) is 51.3 Å². The van der Waals surface area contributed by atoms with Crippen LogP contribution in [0.1, 0.15) is 49.3 Å². The molecule has 108 valence electrons. The van der Waals surface area contributed by atoms with Crippen LogP contribution in [0.3, 0.4) is 0 Å². The predicted octanol–water partition coefficient (Wildman–Crippen LogP) is 2.93. The minimum Gasteiger partial charge on any atom is -0.385 e. The van der Waals surface area contributed by atoms with Gasteiger partial charge in [0.1, 0.15) is 12.2 Å². The standard InChI is InChI=1S/C16H23N3O/c1-11(2)19-15(17-10-18-19)9-16(5,20)14-7-6-12(3)13(4)8-14/h6-8,10-11,20H,9H2,1-5H3. The van der Waals surface area contributed by atoms with Gasteiger partial charge in [0, 0.05) is 12.5 Å². The van der Waals surface area contributed by atoms with Crippen LogP contribution >= 0.6 is 0 Å². The molecule has 4 heteroatoms. The van der Waals surface area contributed by atoms with Crippen molar-refractivity contribution in [3.05, 3.63) is 47.0 Å². The van der Waals surface area contributed by atoms with Gasteiger partial charge in [0.2, 0.25) is 0 Å². The van der Waals surface area contributed by atoms with E-state index >= 15 is 0 Å². The fraction of sp³-hybridized carbons (Fsp3) is 0.500.